The van der Waals surface area contributed by atoms with E-state index in [1.807, 2.05) is 0 Å². The second kappa shape index (κ2) is 6.75. The van der Waals surface area contributed by atoms with Crippen molar-refractivity contribution < 1.29 is 9.90 Å². The summed E-state index contributed by atoms with van der Waals surface area (Å²) in [4.78, 5) is 16.1. The van der Waals surface area contributed by atoms with E-state index in [2.05, 4.69) is 22.1 Å². The first-order valence-electron chi connectivity index (χ1n) is 6.05. The summed E-state index contributed by atoms with van der Waals surface area (Å²) in [7, 11) is 0. The fraction of sp³-hybridized carbons (Fsp3) is 0.0667. The van der Waals surface area contributed by atoms with Crippen LogP contribution in [0.4, 0.5) is 5.82 Å². The van der Waals surface area contributed by atoms with Gasteiger partial charge in [0.05, 0.1) is 12.1 Å². The molecule has 1 heterocycles. The van der Waals surface area contributed by atoms with Gasteiger partial charge in [-0.2, -0.15) is 0 Å². The Hall–Kier alpha value is -2.55. The Morgan fingerprint density at radius 1 is 1.38 bits per heavy atom. The maximum atomic E-state index is 12.1. The van der Waals surface area contributed by atoms with Crippen molar-refractivity contribution in [1.29, 1.82) is 0 Å². The Labute approximate surface area is 126 Å². The number of nitrogens with two attached hydrogens (primary N) is 1. The summed E-state index contributed by atoms with van der Waals surface area (Å²) in [5.41, 5.74) is 6.06. The molecule has 0 bridgehead atoms. The maximum Gasteiger partial charge on any atom is 0.260 e. The number of phenolic OH excluding ortho intramolecular Hbond substituents is 1. The molecule has 2 rings (SSSR count). The smallest absolute Gasteiger partial charge is 0.260 e. The molecule has 1 aromatic heterocycles. The number of hydrogen-bond acceptors (Lipinski definition) is 4. The van der Waals surface area contributed by atoms with Crippen LogP contribution in [0.1, 0.15) is 15.9 Å². The van der Waals surface area contributed by atoms with Crippen molar-refractivity contribution in [3.63, 3.8) is 0 Å². The van der Waals surface area contributed by atoms with Crippen molar-refractivity contribution >= 4 is 23.3 Å². The number of hydrogen-bond donors (Lipinski definition) is 3. The average molecular weight is 302 g/mol. The molecule has 1 aromatic carbocycles. The summed E-state index contributed by atoms with van der Waals surface area (Å²) < 4.78 is 0. The maximum absolute atomic E-state index is 12.1. The van der Waals surface area contributed by atoms with Crippen LogP contribution < -0.4 is 11.1 Å². The van der Waals surface area contributed by atoms with Gasteiger partial charge in [-0.3, -0.25) is 4.79 Å². The molecule has 6 heteroatoms. The first kappa shape index (κ1) is 14.9. The number of rotatable bonds is 2. The lowest BCUT2D eigenvalue weighted by molar-refractivity contribution is 0.102. The summed E-state index contributed by atoms with van der Waals surface area (Å²) >= 11 is 5.81. The highest BCUT2D eigenvalue weighted by Gasteiger charge is 2.12. The number of phenols is 1. The average Bonchev–Trinajstić information content (AvgIpc) is 2.48. The SMILES string of the molecule is NCC#Cc1ccnc(NC(=O)c2cc(Cl)ccc2O)c1. The summed E-state index contributed by atoms with van der Waals surface area (Å²) in [6.07, 6.45) is 1.52. The van der Waals surface area contributed by atoms with Gasteiger partial charge in [-0.1, -0.05) is 23.4 Å². The number of nitrogens with zero attached hydrogens (tertiary/aromatic N) is 1. The Balaban J connectivity index is 2.21. The standard InChI is InChI=1S/C15H12ClN3O2/c16-11-3-4-13(20)12(9-11)15(21)19-14-8-10(2-1-6-17)5-7-18-14/h3-5,7-9,20H,6,17H2,(H,18,19,21). The van der Waals surface area contributed by atoms with E-state index in [4.69, 9.17) is 17.3 Å². The van der Waals surface area contributed by atoms with Crippen molar-refractivity contribution in [2.75, 3.05) is 11.9 Å². The lowest BCUT2D eigenvalue weighted by Crippen LogP contribution is -2.13. The first-order chi connectivity index (χ1) is 10.1. The van der Waals surface area contributed by atoms with E-state index in [1.54, 1.807) is 12.1 Å². The van der Waals surface area contributed by atoms with Gasteiger partial charge in [0, 0.05) is 16.8 Å². The van der Waals surface area contributed by atoms with Crippen molar-refractivity contribution in [3.8, 4) is 17.6 Å². The van der Waals surface area contributed by atoms with Gasteiger partial charge in [0.1, 0.15) is 11.6 Å². The molecular weight excluding hydrogens is 290 g/mol. The van der Waals surface area contributed by atoms with Crippen LogP contribution in [0.3, 0.4) is 0 Å². The van der Waals surface area contributed by atoms with Crippen LogP contribution in [0.25, 0.3) is 0 Å². The van der Waals surface area contributed by atoms with Gasteiger partial charge in [-0.15, -0.1) is 0 Å². The predicted octanol–water partition coefficient (Wildman–Crippen LogP) is 2.00. The lowest BCUT2D eigenvalue weighted by Gasteiger charge is -2.06. The third kappa shape index (κ3) is 3.96. The number of aromatic hydroxyl groups is 1. The molecule has 1 amide bonds. The molecule has 0 fully saturated rings. The molecule has 0 atom stereocenters. The molecule has 0 aliphatic carbocycles. The minimum absolute atomic E-state index is 0.0720. The van der Waals surface area contributed by atoms with E-state index in [1.165, 1.54) is 24.4 Å². The number of anilines is 1. The van der Waals surface area contributed by atoms with Gasteiger partial charge < -0.3 is 16.2 Å². The van der Waals surface area contributed by atoms with Crippen molar-refractivity contribution in [3.05, 3.63) is 52.7 Å². The number of carbonyl (C=O) groups excluding carboxylic acids is 1. The zero-order valence-electron chi connectivity index (χ0n) is 10.9. The second-order valence-electron chi connectivity index (χ2n) is 4.05. The normalized spacial score (nSPS) is 9.62. The lowest BCUT2D eigenvalue weighted by atomic mass is 10.2. The Morgan fingerprint density at radius 2 is 2.19 bits per heavy atom. The minimum Gasteiger partial charge on any atom is -0.507 e. The molecule has 0 radical (unpaired) electrons. The van der Waals surface area contributed by atoms with E-state index < -0.39 is 5.91 Å². The van der Waals surface area contributed by atoms with Crippen LogP contribution in [0, 0.1) is 11.8 Å². The Bertz CT molecular complexity index is 735. The molecular formula is C15H12ClN3O2. The molecule has 0 saturated heterocycles. The molecule has 0 aliphatic heterocycles. The van der Waals surface area contributed by atoms with Crippen LogP contribution in [0.15, 0.2) is 36.5 Å². The highest BCUT2D eigenvalue weighted by Crippen LogP contribution is 2.22. The van der Waals surface area contributed by atoms with Gasteiger partial charge in [-0.05, 0) is 30.3 Å². The highest BCUT2D eigenvalue weighted by atomic mass is 35.5. The number of nitrogens with one attached hydrogen (secondary N) is 1. The van der Waals surface area contributed by atoms with E-state index in [-0.39, 0.29) is 17.9 Å². The number of benzene rings is 1. The van der Waals surface area contributed by atoms with Crippen molar-refractivity contribution in [2.45, 2.75) is 0 Å². The topological polar surface area (TPSA) is 88.2 Å². The van der Waals surface area contributed by atoms with E-state index >= 15 is 0 Å². The van der Waals surface area contributed by atoms with Gasteiger partial charge in [0.25, 0.3) is 5.91 Å². The number of aromatic nitrogens is 1. The molecule has 0 aliphatic rings. The molecule has 2 aromatic rings. The Kier molecular flexibility index (Phi) is 4.77. The predicted molar refractivity (Wildman–Crippen MR) is 81.2 cm³/mol. The third-order valence-electron chi connectivity index (χ3n) is 2.54. The zero-order chi connectivity index (χ0) is 15.2. The van der Waals surface area contributed by atoms with E-state index in [0.717, 1.165) is 0 Å². The number of halogens is 1. The Morgan fingerprint density at radius 3 is 2.95 bits per heavy atom. The molecule has 21 heavy (non-hydrogen) atoms. The molecule has 5 nitrogen and oxygen atoms in total. The van der Waals surface area contributed by atoms with Crippen LogP contribution in [-0.2, 0) is 0 Å². The van der Waals surface area contributed by atoms with Crippen LogP contribution in [0.2, 0.25) is 5.02 Å². The van der Waals surface area contributed by atoms with Crippen LogP contribution in [-0.4, -0.2) is 22.5 Å². The summed E-state index contributed by atoms with van der Waals surface area (Å²) in [5.74, 6) is 5.21. The molecule has 0 unspecified atom stereocenters. The van der Waals surface area contributed by atoms with Gasteiger partial charge in [0.2, 0.25) is 0 Å². The third-order valence-corrected chi connectivity index (χ3v) is 2.77. The summed E-state index contributed by atoms with van der Waals surface area (Å²) in [6.45, 7) is 0.250. The molecule has 0 saturated carbocycles. The number of amides is 1. The zero-order valence-corrected chi connectivity index (χ0v) is 11.7. The summed E-state index contributed by atoms with van der Waals surface area (Å²) in [6, 6.07) is 7.55. The van der Waals surface area contributed by atoms with Crippen LogP contribution in [0.5, 0.6) is 5.75 Å². The van der Waals surface area contributed by atoms with Gasteiger partial charge in [-0.25, -0.2) is 4.98 Å². The number of carbonyl (C=O) groups is 1. The van der Waals surface area contributed by atoms with Crippen LogP contribution >= 0.6 is 11.6 Å². The van der Waals surface area contributed by atoms with E-state index in [9.17, 15) is 9.90 Å². The number of pyridine rings is 1. The summed E-state index contributed by atoms with van der Waals surface area (Å²) in [5, 5.41) is 12.6. The van der Waals surface area contributed by atoms with Crippen molar-refractivity contribution in [2.24, 2.45) is 5.73 Å². The van der Waals surface area contributed by atoms with Gasteiger partial charge >= 0.3 is 0 Å². The minimum atomic E-state index is -0.508. The van der Waals surface area contributed by atoms with Crippen molar-refractivity contribution in [1.82, 2.24) is 4.98 Å². The quantitative estimate of drug-likeness (QED) is 0.740. The monoisotopic (exact) mass is 301 g/mol. The highest BCUT2D eigenvalue weighted by molar-refractivity contribution is 6.31. The fourth-order valence-corrected chi connectivity index (χ4v) is 1.78. The first-order valence-corrected chi connectivity index (χ1v) is 6.43. The fourth-order valence-electron chi connectivity index (χ4n) is 1.60. The second-order valence-corrected chi connectivity index (χ2v) is 4.49. The largest absolute Gasteiger partial charge is 0.507 e. The molecule has 106 valence electrons. The van der Waals surface area contributed by atoms with E-state index in [0.29, 0.717) is 16.4 Å². The van der Waals surface area contributed by atoms with Gasteiger partial charge in [0.15, 0.2) is 0 Å². The molecule has 0 spiro atoms. The molecule has 4 N–H and O–H groups in total.